The van der Waals surface area contributed by atoms with Crippen molar-refractivity contribution in [2.24, 2.45) is 0 Å². The Morgan fingerprint density at radius 1 is 1.47 bits per heavy atom. The zero-order valence-corrected chi connectivity index (χ0v) is 10.0. The molecule has 0 spiro atoms. The van der Waals surface area contributed by atoms with E-state index in [1.165, 1.54) is 18.4 Å². The fourth-order valence-corrected chi connectivity index (χ4v) is 1.88. The molecule has 0 saturated carbocycles. The largest absolute Gasteiger partial charge is 0.364 e. The van der Waals surface area contributed by atoms with Crippen molar-refractivity contribution in [3.05, 3.63) is 52.6 Å². The normalized spacial score (nSPS) is 12.6. The third-order valence-corrected chi connectivity index (χ3v) is 2.84. The Kier molecular flexibility index (Phi) is 3.76. The summed E-state index contributed by atoms with van der Waals surface area (Å²) in [5.74, 6) is -0.331. The van der Waals surface area contributed by atoms with Crippen LogP contribution in [0.15, 0.2) is 35.1 Å². The Bertz CT molecular complexity index is 487. The molecular formula is C12H12ClFN2O. The minimum Gasteiger partial charge on any atom is -0.364 e. The van der Waals surface area contributed by atoms with Gasteiger partial charge in [-0.25, -0.2) is 4.39 Å². The van der Waals surface area contributed by atoms with Crippen molar-refractivity contribution in [1.29, 1.82) is 0 Å². The fourth-order valence-electron chi connectivity index (χ4n) is 1.55. The van der Waals surface area contributed by atoms with Crippen LogP contribution in [0.5, 0.6) is 0 Å². The van der Waals surface area contributed by atoms with Gasteiger partial charge in [0.2, 0.25) is 0 Å². The predicted octanol–water partition coefficient (Wildman–Crippen LogP) is 3.32. The van der Waals surface area contributed by atoms with Gasteiger partial charge in [-0.05, 0) is 24.6 Å². The van der Waals surface area contributed by atoms with Crippen LogP contribution in [0.3, 0.4) is 0 Å². The lowest BCUT2D eigenvalue weighted by atomic mass is 10.1. The van der Waals surface area contributed by atoms with Gasteiger partial charge in [0.05, 0.1) is 5.69 Å². The highest BCUT2D eigenvalue weighted by Gasteiger charge is 2.10. The van der Waals surface area contributed by atoms with E-state index >= 15 is 0 Å². The third kappa shape index (κ3) is 3.05. The zero-order valence-electron chi connectivity index (χ0n) is 9.28. The van der Waals surface area contributed by atoms with E-state index in [0.717, 1.165) is 11.3 Å². The Morgan fingerprint density at radius 3 is 2.94 bits per heavy atom. The summed E-state index contributed by atoms with van der Waals surface area (Å²) in [5, 5.41) is 7.44. The average Bonchev–Trinajstić information content (AvgIpc) is 2.78. The number of benzene rings is 1. The van der Waals surface area contributed by atoms with E-state index in [2.05, 4.69) is 10.5 Å². The van der Waals surface area contributed by atoms with Crippen molar-refractivity contribution in [2.45, 2.75) is 19.5 Å². The van der Waals surface area contributed by atoms with Crippen LogP contribution in [0.25, 0.3) is 0 Å². The van der Waals surface area contributed by atoms with Crippen LogP contribution >= 0.6 is 11.6 Å². The maximum absolute atomic E-state index is 12.9. The van der Waals surface area contributed by atoms with Crippen molar-refractivity contribution in [1.82, 2.24) is 10.5 Å². The summed E-state index contributed by atoms with van der Waals surface area (Å²) in [6.07, 6.45) is 1.52. The fraction of sp³-hybridized carbons (Fsp3) is 0.250. The number of nitrogens with zero attached hydrogens (tertiary/aromatic N) is 1. The number of hydrogen-bond acceptors (Lipinski definition) is 3. The minimum absolute atomic E-state index is 0.0137. The Hall–Kier alpha value is -1.39. The first-order valence-electron chi connectivity index (χ1n) is 5.24. The van der Waals surface area contributed by atoms with Crippen LogP contribution in [-0.4, -0.2) is 5.16 Å². The average molecular weight is 255 g/mol. The van der Waals surface area contributed by atoms with Gasteiger partial charge in [-0.1, -0.05) is 22.8 Å². The molecule has 1 atom stereocenters. The molecule has 2 rings (SSSR count). The molecule has 0 aliphatic carbocycles. The molecule has 0 aliphatic heterocycles. The molecule has 17 heavy (non-hydrogen) atoms. The predicted molar refractivity (Wildman–Crippen MR) is 63.2 cm³/mol. The van der Waals surface area contributed by atoms with E-state index < -0.39 is 0 Å². The molecule has 1 heterocycles. The SMILES string of the molecule is CC(NCc1ccon1)c1ccc(F)cc1Cl. The lowest BCUT2D eigenvalue weighted by Crippen LogP contribution is -2.18. The second-order valence-electron chi connectivity index (χ2n) is 3.76. The molecule has 0 aliphatic rings. The van der Waals surface area contributed by atoms with Crippen molar-refractivity contribution < 1.29 is 8.91 Å². The van der Waals surface area contributed by atoms with Gasteiger partial charge in [0.25, 0.3) is 0 Å². The summed E-state index contributed by atoms with van der Waals surface area (Å²) in [5.41, 5.74) is 1.67. The van der Waals surface area contributed by atoms with Crippen molar-refractivity contribution in [2.75, 3.05) is 0 Å². The van der Waals surface area contributed by atoms with E-state index in [9.17, 15) is 4.39 Å². The van der Waals surface area contributed by atoms with Gasteiger partial charge in [0.15, 0.2) is 0 Å². The molecule has 0 radical (unpaired) electrons. The Balaban J connectivity index is 2.01. The summed E-state index contributed by atoms with van der Waals surface area (Å²) in [7, 11) is 0. The van der Waals surface area contributed by atoms with Crippen LogP contribution in [-0.2, 0) is 6.54 Å². The monoisotopic (exact) mass is 254 g/mol. The molecule has 90 valence electrons. The molecule has 0 bridgehead atoms. The van der Waals surface area contributed by atoms with Gasteiger partial charge in [-0.15, -0.1) is 0 Å². The lowest BCUT2D eigenvalue weighted by molar-refractivity contribution is 0.406. The molecule has 2 aromatic rings. The van der Waals surface area contributed by atoms with E-state index in [0.29, 0.717) is 11.6 Å². The van der Waals surface area contributed by atoms with Crippen molar-refractivity contribution in [3.63, 3.8) is 0 Å². The van der Waals surface area contributed by atoms with Gasteiger partial charge in [0, 0.05) is 23.7 Å². The Morgan fingerprint density at radius 2 is 2.29 bits per heavy atom. The molecule has 1 unspecified atom stereocenters. The topological polar surface area (TPSA) is 38.1 Å². The Labute approximate surface area is 104 Å². The smallest absolute Gasteiger partial charge is 0.124 e. The summed E-state index contributed by atoms with van der Waals surface area (Å²) in [6.45, 7) is 2.53. The molecule has 5 heteroatoms. The van der Waals surface area contributed by atoms with Crippen LogP contribution < -0.4 is 5.32 Å². The van der Waals surface area contributed by atoms with Crippen molar-refractivity contribution >= 4 is 11.6 Å². The van der Waals surface area contributed by atoms with E-state index in [1.54, 1.807) is 12.1 Å². The maximum atomic E-state index is 12.9. The van der Waals surface area contributed by atoms with Crippen molar-refractivity contribution in [3.8, 4) is 0 Å². The summed E-state index contributed by atoms with van der Waals surface area (Å²) in [6, 6.07) is 6.19. The first-order chi connectivity index (χ1) is 8.16. The number of rotatable bonds is 4. The lowest BCUT2D eigenvalue weighted by Gasteiger charge is -2.14. The van der Waals surface area contributed by atoms with Crippen LogP contribution in [0.1, 0.15) is 24.2 Å². The second kappa shape index (κ2) is 5.29. The van der Waals surface area contributed by atoms with Crippen LogP contribution in [0.2, 0.25) is 5.02 Å². The number of aromatic nitrogens is 1. The molecule has 0 amide bonds. The molecule has 3 nitrogen and oxygen atoms in total. The van der Waals surface area contributed by atoms with Gasteiger partial charge >= 0.3 is 0 Å². The van der Waals surface area contributed by atoms with Gasteiger partial charge < -0.3 is 9.84 Å². The number of halogens is 2. The van der Waals surface area contributed by atoms with Crippen LogP contribution in [0.4, 0.5) is 4.39 Å². The zero-order chi connectivity index (χ0) is 12.3. The molecule has 1 aromatic heterocycles. The molecular weight excluding hydrogens is 243 g/mol. The van der Waals surface area contributed by atoms with Gasteiger partial charge in [-0.3, -0.25) is 0 Å². The highest BCUT2D eigenvalue weighted by molar-refractivity contribution is 6.31. The standard InChI is InChI=1S/C12H12ClFN2O/c1-8(15-7-10-4-5-17-16-10)11-3-2-9(14)6-12(11)13/h2-6,8,15H,7H2,1H3. The molecule has 1 aromatic carbocycles. The molecule has 0 fully saturated rings. The van der Waals surface area contributed by atoms with Crippen LogP contribution in [0, 0.1) is 5.82 Å². The first kappa shape index (κ1) is 12.1. The maximum Gasteiger partial charge on any atom is 0.124 e. The number of hydrogen-bond donors (Lipinski definition) is 1. The molecule has 1 N–H and O–H groups in total. The second-order valence-corrected chi connectivity index (χ2v) is 4.17. The summed E-state index contributed by atoms with van der Waals surface area (Å²) < 4.78 is 17.6. The minimum atomic E-state index is -0.331. The first-order valence-corrected chi connectivity index (χ1v) is 5.62. The quantitative estimate of drug-likeness (QED) is 0.910. The highest BCUT2D eigenvalue weighted by Crippen LogP contribution is 2.23. The van der Waals surface area contributed by atoms with E-state index in [4.69, 9.17) is 16.1 Å². The summed E-state index contributed by atoms with van der Waals surface area (Å²) in [4.78, 5) is 0. The van der Waals surface area contributed by atoms with E-state index in [1.807, 2.05) is 6.92 Å². The highest BCUT2D eigenvalue weighted by atomic mass is 35.5. The van der Waals surface area contributed by atoms with E-state index in [-0.39, 0.29) is 11.9 Å². The number of nitrogens with one attached hydrogen (secondary N) is 1. The third-order valence-electron chi connectivity index (χ3n) is 2.51. The summed E-state index contributed by atoms with van der Waals surface area (Å²) >= 11 is 5.97. The van der Waals surface area contributed by atoms with Gasteiger partial charge in [0.1, 0.15) is 12.1 Å². The molecule has 0 saturated heterocycles. The van der Waals surface area contributed by atoms with Gasteiger partial charge in [-0.2, -0.15) is 0 Å².